The summed E-state index contributed by atoms with van der Waals surface area (Å²) in [5.74, 6) is 0. The number of aromatic nitrogens is 2. The summed E-state index contributed by atoms with van der Waals surface area (Å²) in [7, 11) is 0. The summed E-state index contributed by atoms with van der Waals surface area (Å²) in [6.45, 7) is 5.40. The Morgan fingerprint density at radius 2 is 2.00 bits per heavy atom. The van der Waals surface area contributed by atoms with Gasteiger partial charge in [-0.1, -0.05) is 30.3 Å². The van der Waals surface area contributed by atoms with Gasteiger partial charge in [0.15, 0.2) is 0 Å². The Bertz CT molecular complexity index is 534. The quantitative estimate of drug-likeness (QED) is 0.887. The van der Waals surface area contributed by atoms with Crippen LogP contribution in [-0.2, 0) is 13.0 Å². The van der Waals surface area contributed by atoms with Crippen molar-refractivity contribution in [3.05, 3.63) is 54.1 Å². The molecule has 0 amide bonds. The van der Waals surface area contributed by atoms with Gasteiger partial charge in [-0.3, -0.25) is 0 Å². The molecule has 0 radical (unpaired) electrons. The lowest BCUT2D eigenvalue weighted by atomic mass is 10.0. The molecule has 0 unspecified atom stereocenters. The topological polar surface area (TPSA) is 43.8 Å². The highest BCUT2D eigenvalue weighted by Gasteiger charge is 2.20. The van der Waals surface area contributed by atoms with E-state index in [9.17, 15) is 0 Å². The van der Waals surface area contributed by atoms with E-state index in [2.05, 4.69) is 53.9 Å². The standard InChI is InChI=1S/C16H23N3S/c1-16(2,20-3)11-19-12-18-10-15(19)14(17)9-13-7-5-4-6-8-13/h4-8,10,12,14H,9,11,17H2,1-3H3/t14-/m1/s1. The van der Waals surface area contributed by atoms with Gasteiger partial charge in [-0.15, -0.1) is 0 Å². The molecule has 1 atom stereocenters. The first-order valence-electron chi connectivity index (χ1n) is 6.86. The lowest BCUT2D eigenvalue weighted by Crippen LogP contribution is -2.26. The second kappa shape index (κ2) is 6.46. The molecule has 1 aromatic carbocycles. The summed E-state index contributed by atoms with van der Waals surface area (Å²) >= 11 is 1.86. The Labute approximate surface area is 125 Å². The van der Waals surface area contributed by atoms with E-state index in [-0.39, 0.29) is 10.8 Å². The van der Waals surface area contributed by atoms with Gasteiger partial charge >= 0.3 is 0 Å². The van der Waals surface area contributed by atoms with Crippen molar-refractivity contribution < 1.29 is 0 Å². The molecule has 20 heavy (non-hydrogen) atoms. The minimum absolute atomic E-state index is 0.0162. The molecule has 2 N–H and O–H groups in total. The van der Waals surface area contributed by atoms with Crippen LogP contribution >= 0.6 is 11.8 Å². The fraction of sp³-hybridized carbons (Fsp3) is 0.438. The van der Waals surface area contributed by atoms with E-state index in [4.69, 9.17) is 5.73 Å². The van der Waals surface area contributed by atoms with Crippen LogP contribution in [0.25, 0.3) is 0 Å². The van der Waals surface area contributed by atoms with Crippen molar-refractivity contribution >= 4 is 11.8 Å². The number of rotatable bonds is 6. The van der Waals surface area contributed by atoms with Crippen molar-refractivity contribution in [3.63, 3.8) is 0 Å². The van der Waals surface area contributed by atoms with Gasteiger partial charge in [-0.05, 0) is 32.1 Å². The first-order valence-corrected chi connectivity index (χ1v) is 8.09. The van der Waals surface area contributed by atoms with Gasteiger partial charge in [0.25, 0.3) is 0 Å². The van der Waals surface area contributed by atoms with E-state index in [0.717, 1.165) is 18.7 Å². The number of thioether (sulfide) groups is 1. The second-order valence-electron chi connectivity index (χ2n) is 5.71. The molecule has 0 aliphatic heterocycles. The van der Waals surface area contributed by atoms with Gasteiger partial charge in [0, 0.05) is 17.5 Å². The van der Waals surface area contributed by atoms with Gasteiger partial charge < -0.3 is 10.3 Å². The lowest BCUT2D eigenvalue weighted by Gasteiger charge is -2.25. The summed E-state index contributed by atoms with van der Waals surface area (Å²) in [6, 6.07) is 10.4. The fourth-order valence-electron chi connectivity index (χ4n) is 2.22. The smallest absolute Gasteiger partial charge is 0.0949 e. The van der Waals surface area contributed by atoms with Crippen LogP contribution in [-0.4, -0.2) is 20.6 Å². The SMILES string of the molecule is CSC(C)(C)Cn1cncc1[C@H](N)Cc1ccccc1. The number of nitrogens with two attached hydrogens (primary N) is 1. The van der Waals surface area contributed by atoms with Crippen LogP contribution in [0.15, 0.2) is 42.9 Å². The molecular formula is C16H23N3S. The second-order valence-corrected chi connectivity index (χ2v) is 7.22. The summed E-state index contributed by atoms with van der Waals surface area (Å²) in [5.41, 5.74) is 8.73. The molecule has 2 rings (SSSR count). The van der Waals surface area contributed by atoms with Crippen molar-refractivity contribution in [3.8, 4) is 0 Å². The monoisotopic (exact) mass is 289 g/mol. The first kappa shape index (κ1) is 15.1. The van der Waals surface area contributed by atoms with Crippen LogP contribution in [0.5, 0.6) is 0 Å². The van der Waals surface area contributed by atoms with Crippen LogP contribution in [0.2, 0.25) is 0 Å². The van der Waals surface area contributed by atoms with Crippen molar-refractivity contribution in [2.45, 2.75) is 37.6 Å². The predicted molar refractivity (Wildman–Crippen MR) is 86.9 cm³/mol. The van der Waals surface area contributed by atoms with E-state index in [1.807, 2.05) is 30.4 Å². The van der Waals surface area contributed by atoms with E-state index < -0.39 is 0 Å². The zero-order chi connectivity index (χ0) is 14.6. The number of imidazole rings is 1. The predicted octanol–water partition coefficient (Wildman–Crippen LogP) is 3.27. The van der Waals surface area contributed by atoms with Crippen molar-refractivity contribution in [2.75, 3.05) is 6.26 Å². The molecule has 0 bridgehead atoms. The normalized spacial score (nSPS) is 13.4. The van der Waals surface area contributed by atoms with Crippen molar-refractivity contribution in [2.24, 2.45) is 5.73 Å². The third kappa shape index (κ3) is 3.87. The van der Waals surface area contributed by atoms with Gasteiger partial charge in [-0.2, -0.15) is 11.8 Å². The van der Waals surface area contributed by atoms with Gasteiger partial charge in [0.05, 0.1) is 18.1 Å². The maximum absolute atomic E-state index is 6.36. The maximum Gasteiger partial charge on any atom is 0.0949 e. The highest BCUT2D eigenvalue weighted by molar-refractivity contribution is 7.99. The van der Waals surface area contributed by atoms with Crippen LogP contribution in [0.4, 0.5) is 0 Å². The molecule has 108 valence electrons. The molecule has 4 heteroatoms. The van der Waals surface area contributed by atoms with Crippen LogP contribution in [0.1, 0.15) is 31.1 Å². The van der Waals surface area contributed by atoms with Gasteiger partial charge in [0.1, 0.15) is 0 Å². The molecule has 0 saturated carbocycles. The largest absolute Gasteiger partial charge is 0.332 e. The summed E-state index contributed by atoms with van der Waals surface area (Å²) in [4.78, 5) is 4.28. The van der Waals surface area contributed by atoms with E-state index in [1.54, 1.807) is 0 Å². The molecule has 0 aliphatic carbocycles. The highest BCUT2D eigenvalue weighted by Crippen LogP contribution is 2.25. The summed E-state index contributed by atoms with van der Waals surface area (Å²) in [5, 5.41) is 0. The summed E-state index contributed by atoms with van der Waals surface area (Å²) in [6.07, 6.45) is 6.76. The average molecular weight is 289 g/mol. The van der Waals surface area contributed by atoms with Crippen molar-refractivity contribution in [1.29, 1.82) is 0 Å². The highest BCUT2D eigenvalue weighted by atomic mass is 32.2. The van der Waals surface area contributed by atoms with Gasteiger partial charge in [-0.25, -0.2) is 4.98 Å². The molecule has 0 spiro atoms. The molecule has 3 nitrogen and oxygen atoms in total. The van der Waals surface area contributed by atoms with E-state index in [1.165, 1.54) is 5.56 Å². The Hall–Kier alpha value is -1.26. The molecule has 0 aliphatic rings. The average Bonchev–Trinajstić information content (AvgIpc) is 2.87. The van der Waals surface area contributed by atoms with Gasteiger partial charge in [0.2, 0.25) is 0 Å². The Morgan fingerprint density at radius 3 is 2.65 bits per heavy atom. The zero-order valence-electron chi connectivity index (χ0n) is 12.4. The Balaban J connectivity index is 2.11. The molecule has 2 aromatic rings. The van der Waals surface area contributed by atoms with Crippen LogP contribution in [0, 0.1) is 0 Å². The molecule has 0 fully saturated rings. The summed E-state index contributed by atoms with van der Waals surface area (Å²) < 4.78 is 2.37. The molecule has 1 aromatic heterocycles. The number of hydrogen-bond donors (Lipinski definition) is 1. The number of hydrogen-bond acceptors (Lipinski definition) is 3. The Kier molecular flexibility index (Phi) is 4.89. The minimum Gasteiger partial charge on any atom is -0.332 e. The minimum atomic E-state index is -0.0162. The zero-order valence-corrected chi connectivity index (χ0v) is 13.2. The lowest BCUT2D eigenvalue weighted by molar-refractivity contribution is 0.528. The third-order valence-electron chi connectivity index (χ3n) is 3.53. The van der Waals surface area contributed by atoms with Crippen molar-refractivity contribution in [1.82, 2.24) is 9.55 Å². The first-order chi connectivity index (χ1) is 9.52. The molecule has 1 heterocycles. The molecule has 0 saturated heterocycles. The van der Waals surface area contributed by atoms with Crippen LogP contribution in [0.3, 0.4) is 0 Å². The van der Waals surface area contributed by atoms with Crippen LogP contribution < -0.4 is 5.73 Å². The van der Waals surface area contributed by atoms with E-state index in [0.29, 0.717) is 0 Å². The number of nitrogens with zero attached hydrogens (tertiary/aromatic N) is 2. The van der Waals surface area contributed by atoms with E-state index >= 15 is 0 Å². The fourth-order valence-corrected chi connectivity index (χ4v) is 2.49. The Morgan fingerprint density at radius 1 is 1.30 bits per heavy atom. The third-order valence-corrected chi connectivity index (χ3v) is 4.76. The molecular weight excluding hydrogens is 266 g/mol. The number of benzene rings is 1. The maximum atomic E-state index is 6.36.